The summed E-state index contributed by atoms with van der Waals surface area (Å²) in [5.41, 5.74) is 0.130. The van der Waals surface area contributed by atoms with E-state index in [1.807, 2.05) is 0 Å². The van der Waals surface area contributed by atoms with E-state index in [1.165, 1.54) is 12.1 Å². The number of carbonyl (C=O) groups is 1. The third kappa shape index (κ3) is 4.57. The summed E-state index contributed by atoms with van der Waals surface area (Å²) in [6.07, 6.45) is 2.21. The molecule has 1 unspecified atom stereocenters. The molecule has 35 heavy (non-hydrogen) atoms. The number of hydrogen-bond donors (Lipinski definition) is 3. The zero-order valence-corrected chi connectivity index (χ0v) is 21.4. The number of fused-ring (bicyclic) bond motifs is 2. The Hall–Kier alpha value is -3.18. The molecular formula is C24H27N3O6S2. The van der Waals surface area contributed by atoms with Crippen LogP contribution in [0.3, 0.4) is 0 Å². The molecule has 1 aliphatic heterocycles. The zero-order valence-electron chi connectivity index (χ0n) is 19.8. The SMILES string of the molecule is CC(C)CCC1(C)C(=O)C(C2=NS(=O)(=O)c3cc(NS(C)(=O)=O)ccc3N2)=C(O)c2ccccc21. The van der Waals surface area contributed by atoms with Gasteiger partial charge < -0.3 is 10.4 Å². The second kappa shape index (κ2) is 8.49. The number of sulfonamides is 2. The van der Waals surface area contributed by atoms with Gasteiger partial charge in [-0.15, -0.1) is 4.40 Å². The van der Waals surface area contributed by atoms with E-state index in [0.717, 1.165) is 18.7 Å². The van der Waals surface area contributed by atoms with Gasteiger partial charge in [-0.1, -0.05) is 38.1 Å². The van der Waals surface area contributed by atoms with Gasteiger partial charge in [0.05, 0.1) is 17.4 Å². The first kappa shape index (κ1) is 24.9. The Morgan fingerprint density at radius 1 is 1.17 bits per heavy atom. The van der Waals surface area contributed by atoms with E-state index >= 15 is 0 Å². The van der Waals surface area contributed by atoms with Crippen molar-refractivity contribution in [3.05, 3.63) is 59.2 Å². The highest BCUT2D eigenvalue weighted by atomic mass is 32.2. The first-order chi connectivity index (χ1) is 16.2. The fraction of sp³-hybridized carbons (Fsp3) is 0.333. The Kier molecular flexibility index (Phi) is 6.05. The summed E-state index contributed by atoms with van der Waals surface area (Å²) in [6.45, 7) is 5.91. The van der Waals surface area contributed by atoms with E-state index in [4.69, 9.17) is 0 Å². The number of nitrogens with zero attached hydrogens (tertiary/aromatic N) is 1. The fourth-order valence-corrected chi connectivity index (χ4v) is 6.10. The van der Waals surface area contributed by atoms with Gasteiger partial charge in [-0.25, -0.2) is 8.42 Å². The van der Waals surface area contributed by atoms with Crippen LogP contribution in [0.4, 0.5) is 11.4 Å². The quantitative estimate of drug-likeness (QED) is 0.529. The molecule has 0 saturated carbocycles. The third-order valence-corrected chi connectivity index (χ3v) is 8.15. The number of amidine groups is 1. The fourth-order valence-electron chi connectivity index (χ4n) is 4.40. The molecule has 2 aliphatic rings. The van der Waals surface area contributed by atoms with E-state index in [1.54, 1.807) is 31.2 Å². The summed E-state index contributed by atoms with van der Waals surface area (Å²) in [6, 6.07) is 11.0. The van der Waals surface area contributed by atoms with Crippen LogP contribution in [0.15, 0.2) is 57.3 Å². The van der Waals surface area contributed by atoms with E-state index in [9.17, 15) is 26.7 Å². The molecule has 186 valence electrons. The van der Waals surface area contributed by atoms with Crippen molar-refractivity contribution >= 4 is 48.8 Å². The zero-order chi connectivity index (χ0) is 25.8. The van der Waals surface area contributed by atoms with Crippen LogP contribution < -0.4 is 10.0 Å². The molecule has 1 aliphatic carbocycles. The summed E-state index contributed by atoms with van der Waals surface area (Å²) in [5.74, 6) is -0.696. The number of Topliss-reactive ketones (excluding diaryl/α,β-unsaturated/α-hetero) is 1. The van der Waals surface area contributed by atoms with Crippen LogP contribution in [0.25, 0.3) is 5.76 Å². The molecule has 0 spiro atoms. The monoisotopic (exact) mass is 517 g/mol. The van der Waals surface area contributed by atoms with Crippen molar-refractivity contribution in [1.29, 1.82) is 0 Å². The minimum Gasteiger partial charge on any atom is -0.506 e. The molecule has 1 heterocycles. The Labute approximate surface area is 205 Å². The van der Waals surface area contributed by atoms with E-state index in [2.05, 4.69) is 28.3 Å². The number of hydrogen-bond acceptors (Lipinski definition) is 7. The lowest BCUT2D eigenvalue weighted by Crippen LogP contribution is -2.42. The second-order valence-electron chi connectivity index (χ2n) is 9.49. The molecule has 11 heteroatoms. The maximum absolute atomic E-state index is 13.9. The number of aliphatic hydroxyl groups is 1. The Balaban J connectivity index is 1.84. The average molecular weight is 518 g/mol. The lowest BCUT2D eigenvalue weighted by molar-refractivity contribution is -0.120. The Morgan fingerprint density at radius 2 is 1.86 bits per heavy atom. The van der Waals surface area contributed by atoms with Crippen molar-refractivity contribution in [2.45, 2.75) is 43.9 Å². The van der Waals surface area contributed by atoms with Crippen LogP contribution in [0.2, 0.25) is 0 Å². The van der Waals surface area contributed by atoms with Crippen molar-refractivity contribution in [2.75, 3.05) is 16.3 Å². The van der Waals surface area contributed by atoms with Crippen molar-refractivity contribution in [1.82, 2.24) is 0 Å². The molecule has 0 amide bonds. The number of aliphatic hydroxyl groups excluding tert-OH is 1. The number of benzene rings is 2. The van der Waals surface area contributed by atoms with Crippen molar-refractivity contribution in [3.63, 3.8) is 0 Å². The Bertz CT molecular complexity index is 1510. The molecule has 1 atom stereocenters. The van der Waals surface area contributed by atoms with E-state index in [-0.39, 0.29) is 33.4 Å². The molecule has 4 rings (SSSR count). The van der Waals surface area contributed by atoms with Gasteiger partial charge in [-0.05, 0) is 49.4 Å². The first-order valence-electron chi connectivity index (χ1n) is 11.0. The van der Waals surface area contributed by atoms with Gasteiger partial charge in [0.15, 0.2) is 11.6 Å². The molecule has 2 aromatic rings. The number of ketones is 1. The predicted octanol–water partition coefficient (Wildman–Crippen LogP) is 3.82. The highest BCUT2D eigenvalue weighted by molar-refractivity contribution is 7.92. The summed E-state index contributed by atoms with van der Waals surface area (Å²) < 4.78 is 55.2. The molecule has 0 radical (unpaired) electrons. The molecule has 2 aromatic carbocycles. The lowest BCUT2D eigenvalue weighted by Gasteiger charge is -2.36. The van der Waals surface area contributed by atoms with Gasteiger partial charge >= 0.3 is 0 Å². The molecule has 0 fully saturated rings. The average Bonchev–Trinajstić information content (AvgIpc) is 2.76. The van der Waals surface area contributed by atoms with Crippen LogP contribution in [-0.4, -0.2) is 39.8 Å². The minimum absolute atomic E-state index is 0.0567. The van der Waals surface area contributed by atoms with Gasteiger partial charge in [0.2, 0.25) is 10.0 Å². The van der Waals surface area contributed by atoms with Gasteiger partial charge in [0.1, 0.15) is 16.2 Å². The number of nitrogens with one attached hydrogen (secondary N) is 2. The van der Waals surface area contributed by atoms with Crippen LogP contribution in [0, 0.1) is 5.92 Å². The standard InChI is InChI=1S/C24H27N3O6S2/c1-14(2)11-12-24(3)17-8-6-5-7-16(17)21(28)20(22(24)29)23-25-18-10-9-15(26-34(4,30)31)13-19(18)35(32,33)27-23/h5-10,13-14,26,28H,11-12H2,1-4H3,(H,25,27). The second-order valence-corrected chi connectivity index (χ2v) is 12.8. The minimum atomic E-state index is -4.31. The molecule has 3 N–H and O–H groups in total. The summed E-state index contributed by atoms with van der Waals surface area (Å²) in [5, 5.41) is 14.0. The molecule has 9 nitrogen and oxygen atoms in total. The van der Waals surface area contributed by atoms with Crippen LogP contribution in [-0.2, 0) is 30.3 Å². The molecule has 0 saturated heterocycles. The van der Waals surface area contributed by atoms with Crippen LogP contribution in [0.5, 0.6) is 0 Å². The smallest absolute Gasteiger partial charge is 0.286 e. The molecule has 0 bridgehead atoms. The third-order valence-electron chi connectivity index (χ3n) is 6.23. The highest BCUT2D eigenvalue weighted by Gasteiger charge is 2.46. The maximum atomic E-state index is 13.9. The topological polar surface area (TPSA) is 142 Å². The van der Waals surface area contributed by atoms with Gasteiger partial charge in [0.25, 0.3) is 10.0 Å². The van der Waals surface area contributed by atoms with E-state index < -0.39 is 31.2 Å². The molecular weight excluding hydrogens is 490 g/mol. The van der Waals surface area contributed by atoms with Crippen molar-refractivity contribution < 1.29 is 26.7 Å². The van der Waals surface area contributed by atoms with Gasteiger partial charge in [0, 0.05) is 11.3 Å². The number of carbonyl (C=O) groups excluding carboxylic acids is 1. The normalized spacial score (nSPS) is 21.2. The number of rotatable bonds is 6. The highest BCUT2D eigenvalue weighted by Crippen LogP contribution is 2.44. The first-order valence-corrected chi connectivity index (χ1v) is 14.4. The largest absolute Gasteiger partial charge is 0.506 e. The maximum Gasteiger partial charge on any atom is 0.286 e. The van der Waals surface area contributed by atoms with Crippen molar-refractivity contribution in [3.8, 4) is 0 Å². The summed E-state index contributed by atoms with van der Waals surface area (Å²) in [7, 11) is -7.94. The number of anilines is 2. The molecule has 0 aromatic heterocycles. The van der Waals surface area contributed by atoms with Crippen LogP contribution >= 0.6 is 0 Å². The summed E-state index contributed by atoms with van der Waals surface area (Å²) >= 11 is 0. The lowest BCUT2D eigenvalue weighted by atomic mass is 9.66. The summed E-state index contributed by atoms with van der Waals surface area (Å²) in [4.78, 5) is 13.6. The van der Waals surface area contributed by atoms with Crippen LogP contribution in [0.1, 0.15) is 44.7 Å². The van der Waals surface area contributed by atoms with E-state index in [0.29, 0.717) is 23.5 Å². The van der Waals surface area contributed by atoms with Gasteiger partial charge in [-0.3, -0.25) is 9.52 Å². The Morgan fingerprint density at radius 3 is 2.51 bits per heavy atom. The van der Waals surface area contributed by atoms with Gasteiger partial charge in [-0.2, -0.15) is 8.42 Å². The van der Waals surface area contributed by atoms with Crippen molar-refractivity contribution in [2.24, 2.45) is 10.3 Å². The predicted molar refractivity (Wildman–Crippen MR) is 136 cm³/mol.